The van der Waals surface area contributed by atoms with Crippen molar-refractivity contribution < 1.29 is 0 Å². The lowest BCUT2D eigenvalue weighted by molar-refractivity contribution is 0.766. The SMILES string of the molecule is Cc1ccc2c(c1)-c1cc(C(C)C)ccc1C2(c1ccccc1)c1ccccc1. The van der Waals surface area contributed by atoms with Gasteiger partial charge in [-0.05, 0) is 51.8 Å². The second-order valence-corrected chi connectivity index (χ2v) is 8.49. The Hall–Kier alpha value is -3.12. The fourth-order valence-electron chi connectivity index (χ4n) is 4.99. The molecule has 0 heterocycles. The van der Waals surface area contributed by atoms with Crippen molar-refractivity contribution in [2.45, 2.75) is 32.1 Å². The Kier molecular flexibility index (Phi) is 4.17. The van der Waals surface area contributed by atoms with Gasteiger partial charge in [-0.2, -0.15) is 0 Å². The van der Waals surface area contributed by atoms with Crippen LogP contribution in [0.5, 0.6) is 0 Å². The highest BCUT2D eigenvalue weighted by molar-refractivity contribution is 5.87. The molecule has 0 radical (unpaired) electrons. The molecule has 0 nitrogen and oxygen atoms in total. The summed E-state index contributed by atoms with van der Waals surface area (Å²) in [5, 5.41) is 0. The minimum Gasteiger partial charge on any atom is -0.0622 e. The maximum atomic E-state index is 2.42. The zero-order valence-electron chi connectivity index (χ0n) is 17.3. The minimum absolute atomic E-state index is 0.281. The van der Waals surface area contributed by atoms with Gasteiger partial charge in [0.25, 0.3) is 0 Å². The quantitative estimate of drug-likeness (QED) is 0.307. The van der Waals surface area contributed by atoms with Gasteiger partial charge in [-0.25, -0.2) is 0 Å². The van der Waals surface area contributed by atoms with E-state index in [4.69, 9.17) is 0 Å². The number of hydrogen-bond acceptors (Lipinski definition) is 0. The van der Waals surface area contributed by atoms with Crippen molar-refractivity contribution in [2.24, 2.45) is 0 Å². The Morgan fingerprint density at radius 3 is 1.66 bits per heavy atom. The van der Waals surface area contributed by atoms with Crippen molar-refractivity contribution >= 4 is 0 Å². The molecule has 5 rings (SSSR count). The van der Waals surface area contributed by atoms with Crippen LogP contribution in [0, 0.1) is 6.92 Å². The van der Waals surface area contributed by atoms with E-state index < -0.39 is 0 Å². The summed E-state index contributed by atoms with van der Waals surface area (Å²) in [5.74, 6) is 0.511. The van der Waals surface area contributed by atoms with Crippen LogP contribution in [-0.2, 0) is 5.41 Å². The van der Waals surface area contributed by atoms with Gasteiger partial charge in [0.2, 0.25) is 0 Å². The van der Waals surface area contributed by atoms with Crippen LogP contribution in [0.25, 0.3) is 11.1 Å². The van der Waals surface area contributed by atoms with Crippen molar-refractivity contribution in [2.75, 3.05) is 0 Å². The Morgan fingerprint density at radius 1 is 0.586 bits per heavy atom. The standard InChI is InChI=1S/C29H26/c1-20(2)22-15-17-28-26(19-22)25-18-21(3)14-16-27(25)29(28,23-10-6-4-7-11-23)24-12-8-5-9-13-24/h4-20H,1-3H3. The van der Waals surface area contributed by atoms with Gasteiger partial charge < -0.3 is 0 Å². The topological polar surface area (TPSA) is 0 Å². The third-order valence-electron chi connectivity index (χ3n) is 6.40. The van der Waals surface area contributed by atoms with Crippen LogP contribution >= 0.6 is 0 Å². The van der Waals surface area contributed by atoms with E-state index in [0.717, 1.165) is 0 Å². The summed E-state index contributed by atoms with van der Waals surface area (Å²) >= 11 is 0. The maximum absolute atomic E-state index is 2.42. The average Bonchev–Trinajstić information content (AvgIpc) is 3.05. The predicted octanol–water partition coefficient (Wildman–Crippen LogP) is 7.48. The van der Waals surface area contributed by atoms with E-state index in [2.05, 4.69) is 118 Å². The number of rotatable bonds is 3. The first-order valence-corrected chi connectivity index (χ1v) is 10.5. The Bertz CT molecular complexity index is 1130. The molecule has 0 heteroatoms. The van der Waals surface area contributed by atoms with Gasteiger partial charge in [-0.3, -0.25) is 0 Å². The van der Waals surface area contributed by atoms with E-state index in [1.54, 1.807) is 0 Å². The molecule has 0 atom stereocenters. The normalized spacial score (nSPS) is 13.9. The minimum atomic E-state index is -0.281. The molecule has 0 saturated carbocycles. The molecule has 0 fully saturated rings. The first-order valence-electron chi connectivity index (χ1n) is 10.5. The number of aryl methyl sites for hydroxylation is 1. The van der Waals surface area contributed by atoms with Crippen LogP contribution < -0.4 is 0 Å². The lowest BCUT2D eigenvalue weighted by Crippen LogP contribution is -2.28. The van der Waals surface area contributed by atoms with Crippen LogP contribution in [-0.4, -0.2) is 0 Å². The highest BCUT2D eigenvalue weighted by atomic mass is 14.5. The fraction of sp³-hybridized carbons (Fsp3) is 0.172. The molecule has 4 aromatic rings. The van der Waals surface area contributed by atoms with Crippen molar-refractivity contribution in [3.63, 3.8) is 0 Å². The largest absolute Gasteiger partial charge is 0.0713 e. The van der Waals surface area contributed by atoms with E-state index in [9.17, 15) is 0 Å². The van der Waals surface area contributed by atoms with Crippen LogP contribution in [0.1, 0.15) is 53.1 Å². The van der Waals surface area contributed by atoms with Gasteiger partial charge in [0.15, 0.2) is 0 Å². The van der Waals surface area contributed by atoms with Gasteiger partial charge in [0.05, 0.1) is 5.41 Å². The molecule has 0 spiro atoms. The third kappa shape index (κ3) is 2.59. The van der Waals surface area contributed by atoms with Gasteiger partial charge >= 0.3 is 0 Å². The second kappa shape index (κ2) is 6.74. The van der Waals surface area contributed by atoms with Crippen LogP contribution in [0.2, 0.25) is 0 Å². The summed E-state index contributed by atoms with van der Waals surface area (Å²) in [4.78, 5) is 0. The maximum Gasteiger partial charge on any atom is 0.0713 e. The molecule has 0 unspecified atom stereocenters. The van der Waals surface area contributed by atoms with Crippen molar-refractivity contribution in [3.8, 4) is 11.1 Å². The number of benzene rings is 4. The van der Waals surface area contributed by atoms with Gasteiger partial charge in [-0.15, -0.1) is 0 Å². The molecule has 0 aliphatic heterocycles. The predicted molar refractivity (Wildman–Crippen MR) is 123 cm³/mol. The molecular formula is C29H26. The van der Waals surface area contributed by atoms with Gasteiger partial charge in [0, 0.05) is 0 Å². The number of hydrogen-bond donors (Lipinski definition) is 0. The summed E-state index contributed by atoms with van der Waals surface area (Å²) in [6.07, 6.45) is 0. The summed E-state index contributed by atoms with van der Waals surface area (Å²) in [6, 6.07) is 36.1. The molecule has 142 valence electrons. The molecule has 1 aliphatic carbocycles. The average molecular weight is 375 g/mol. The van der Waals surface area contributed by atoms with Crippen molar-refractivity contribution in [1.82, 2.24) is 0 Å². The highest BCUT2D eigenvalue weighted by Gasteiger charge is 2.46. The van der Waals surface area contributed by atoms with Gasteiger partial charge in [0.1, 0.15) is 0 Å². The molecule has 0 N–H and O–H groups in total. The van der Waals surface area contributed by atoms with Crippen molar-refractivity contribution in [3.05, 3.63) is 130 Å². The second-order valence-electron chi connectivity index (χ2n) is 8.49. The highest BCUT2D eigenvalue weighted by Crippen LogP contribution is 2.56. The molecular weight excluding hydrogens is 348 g/mol. The summed E-state index contributed by atoms with van der Waals surface area (Å²) in [7, 11) is 0. The monoisotopic (exact) mass is 374 g/mol. The van der Waals surface area contributed by atoms with Crippen LogP contribution in [0.4, 0.5) is 0 Å². The Labute approximate surface area is 173 Å². The zero-order valence-corrected chi connectivity index (χ0v) is 17.3. The van der Waals surface area contributed by atoms with Crippen molar-refractivity contribution in [1.29, 1.82) is 0 Å². The number of fused-ring (bicyclic) bond motifs is 3. The van der Waals surface area contributed by atoms with E-state index in [0.29, 0.717) is 5.92 Å². The molecule has 0 aromatic heterocycles. The van der Waals surface area contributed by atoms with E-state index in [1.807, 2.05) is 0 Å². The lowest BCUT2D eigenvalue weighted by Gasteiger charge is -2.34. The lowest BCUT2D eigenvalue weighted by atomic mass is 9.67. The van der Waals surface area contributed by atoms with Crippen LogP contribution in [0.15, 0.2) is 97.1 Å². The molecule has 29 heavy (non-hydrogen) atoms. The fourth-order valence-corrected chi connectivity index (χ4v) is 4.99. The van der Waals surface area contributed by atoms with Crippen LogP contribution in [0.3, 0.4) is 0 Å². The smallest absolute Gasteiger partial charge is 0.0622 e. The van der Waals surface area contributed by atoms with E-state index in [1.165, 1.54) is 44.5 Å². The first-order chi connectivity index (χ1) is 14.1. The molecule has 1 aliphatic rings. The van der Waals surface area contributed by atoms with Gasteiger partial charge in [-0.1, -0.05) is 116 Å². The molecule has 0 saturated heterocycles. The zero-order chi connectivity index (χ0) is 20.0. The summed E-state index contributed by atoms with van der Waals surface area (Å²) in [6.45, 7) is 6.74. The Morgan fingerprint density at radius 2 is 1.10 bits per heavy atom. The molecule has 4 aromatic carbocycles. The van der Waals surface area contributed by atoms with E-state index in [-0.39, 0.29) is 5.41 Å². The summed E-state index contributed by atoms with van der Waals surface area (Å²) < 4.78 is 0. The Balaban J connectivity index is 1.95. The third-order valence-corrected chi connectivity index (χ3v) is 6.40. The summed E-state index contributed by atoms with van der Waals surface area (Å²) in [5.41, 5.74) is 10.6. The molecule has 0 bridgehead atoms. The molecule has 0 amide bonds. The first kappa shape index (κ1) is 17.9. The van der Waals surface area contributed by atoms with E-state index >= 15 is 0 Å².